The third-order valence-corrected chi connectivity index (χ3v) is 6.32. The molecule has 27 heavy (non-hydrogen) atoms. The van der Waals surface area contributed by atoms with E-state index < -0.39 is 10.0 Å². The van der Waals surface area contributed by atoms with Crippen molar-refractivity contribution < 1.29 is 13.2 Å². The number of nitrogens with zero attached hydrogens (tertiary/aromatic N) is 2. The van der Waals surface area contributed by atoms with Crippen molar-refractivity contribution in [2.24, 2.45) is 0 Å². The summed E-state index contributed by atoms with van der Waals surface area (Å²) in [6.45, 7) is 5.09. The summed E-state index contributed by atoms with van der Waals surface area (Å²) < 4.78 is 29.3. The van der Waals surface area contributed by atoms with Gasteiger partial charge in [0.1, 0.15) is 4.90 Å². The fourth-order valence-corrected chi connectivity index (χ4v) is 4.60. The highest BCUT2D eigenvalue weighted by Gasteiger charge is 2.29. The molecular weight excluding hydrogens is 388 g/mol. The van der Waals surface area contributed by atoms with Crippen LogP contribution in [0.4, 0.5) is 0 Å². The first-order chi connectivity index (χ1) is 12.8. The molecule has 146 valence electrons. The molecular formula is C18H23ClN4O3S. The molecule has 0 radical (unpaired) electrons. The lowest BCUT2D eigenvalue weighted by molar-refractivity contribution is 0.0952. The Morgan fingerprint density at radius 3 is 2.67 bits per heavy atom. The van der Waals surface area contributed by atoms with Crippen LogP contribution in [0.15, 0.2) is 29.2 Å². The Balaban J connectivity index is 1.59. The molecule has 1 aliphatic rings. The van der Waals surface area contributed by atoms with Crippen molar-refractivity contribution in [3.8, 4) is 0 Å². The molecule has 1 heterocycles. The molecule has 1 amide bonds. The molecule has 0 spiro atoms. The molecule has 2 N–H and O–H groups in total. The van der Waals surface area contributed by atoms with Gasteiger partial charge < -0.3 is 5.32 Å². The van der Waals surface area contributed by atoms with Crippen LogP contribution in [0, 0.1) is 13.8 Å². The average molecular weight is 411 g/mol. The first-order valence-electron chi connectivity index (χ1n) is 8.87. The number of nitrogens with one attached hydrogen (secondary N) is 2. The number of aromatic nitrogens is 2. The Labute approximate surface area is 164 Å². The zero-order chi connectivity index (χ0) is 19.6. The monoisotopic (exact) mass is 410 g/mol. The molecule has 2 aromatic rings. The van der Waals surface area contributed by atoms with Crippen molar-refractivity contribution in [2.45, 2.75) is 50.6 Å². The average Bonchev–Trinajstić information content (AvgIpc) is 3.34. The Morgan fingerprint density at radius 2 is 2.04 bits per heavy atom. The van der Waals surface area contributed by atoms with Crippen molar-refractivity contribution in [3.05, 3.63) is 46.2 Å². The molecule has 0 aliphatic heterocycles. The minimum absolute atomic E-state index is 0.0297. The molecule has 1 saturated carbocycles. The molecule has 0 unspecified atom stereocenters. The van der Waals surface area contributed by atoms with Gasteiger partial charge in [0.15, 0.2) is 0 Å². The second-order valence-corrected chi connectivity index (χ2v) is 8.89. The standard InChI is InChI=1S/C18H23ClN4O3S/c1-12-10-13(2)23(21-12)9-3-8-20-18(24)14-4-7-16(19)17(11-14)27(25,26)22-15-5-6-15/h4,7,10-11,15,22H,3,5-6,8-9H2,1-2H3,(H,20,24). The summed E-state index contributed by atoms with van der Waals surface area (Å²) in [4.78, 5) is 12.3. The number of hydrogen-bond donors (Lipinski definition) is 2. The summed E-state index contributed by atoms with van der Waals surface area (Å²) in [5.74, 6) is -0.331. The van der Waals surface area contributed by atoms with E-state index >= 15 is 0 Å². The van der Waals surface area contributed by atoms with Crippen LogP contribution in [0.1, 0.15) is 41.0 Å². The Bertz CT molecular complexity index is 952. The molecule has 1 fully saturated rings. The van der Waals surface area contributed by atoms with E-state index in [0.29, 0.717) is 13.1 Å². The molecule has 1 aromatic heterocycles. The number of carbonyl (C=O) groups is 1. The quantitative estimate of drug-likeness (QED) is 0.653. The van der Waals surface area contributed by atoms with Crippen LogP contribution < -0.4 is 10.0 Å². The highest BCUT2D eigenvalue weighted by molar-refractivity contribution is 7.89. The number of hydrogen-bond acceptors (Lipinski definition) is 4. The number of sulfonamides is 1. The number of amides is 1. The lowest BCUT2D eigenvalue weighted by atomic mass is 10.2. The van der Waals surface area contributed by atoms with Crippen LogP contribution in [0.5, 0.6) is 0 Å². The van der Waals surface area contributed by atoms with E-state index in [0.717, 1.165) is 30.7 Å². The first-order valence-corrected chi connectivity index (χ1v) is 10.7. The summed E-state index contributed by atoms with van der Waals surface area (Å²) in [7, 11) is -3.72. The van der Waals surface area contributed by atoms with E-state index in [9.17, 15) is 13.2 Å². The maximum absolute atomic E-state index is 12.4. The van der Waals surface area contributed by atoms with E-state index in [1.807, 2.05) is 24.6 Å². The predicted octanol–water partition coefficient (Wildman–Crippen LogP) is 2.41. The summed E-state index contributed by atoms with van der Waals surface area (Å²) in [5, 5.41) is 7.29. The van der Waals surface area contributed by atoms with Gasteiger partial charge in [-0.05, 0) is 57.4 Å². The number of halogens is 1. The van der Waals surface area contributed by atoms with Gasteiger partial charge in [-0.2, -0.15) is 5.10 Å². The summed E-state index contributed by atoms with van der Waals surface area (Å²) >= 11 is 6.04. The van der Waals surface area contributed by atoms with Gasteiger partial charge in [-0.1, -0.05) is 11.6 Å². The van der Waals surface area contributed by atoms with Crippen LogP contribution in [0.2, 0.25) is 5.02 Å². The van der Waals surface area contributed by atoms with E-state index in [4.69, 9.17) is 11.6 Å². The molecule has 3 rings (SSSR count). The summed E-state index contributed by atoms with van der Waals surface area (Å²) in [5.41, 5.74) is 2.31. The van der Waals surface area contributed by atoms with Crippen LogP contribution in [0.3, 0.4) is 0 Å². The predicted molar refractivity (Wildman–Crippen MR) is 103 cm³/mol. The summed E-state index contributed by atoms with van der Waals surface area (Å²) in [6.07, 6.45) is 2.37. The normalized spacial score (nSPS) is 14.3. The lowest BCUT2D eigenvalue weighted by Gasteiger charge is -2.10. The van der Waals surface area contributed by atoms with Gasteiger partial charge in [-0.3, -0.25) is 9.48 Å². The fraction of sp³-hybridized carbons (Fsp3) is 0.444. The van der Waals surface area contributed by atoms with Crippen LogP contribution >= 0.6 is 11.6 Å². The first kappa shape index (κ1) is 19.9. The van der Waals surface area contributed by atoms with Gasteiger partial charge in [-0.25, -0.2) is 13.1 Å². The largest absolute Gasteiger partial charge is 0.352 e. The van der Waals surface area contributed by atoms with Crippen molar-refractivity contribution >= 4 is 27.5 Å². The van der Waals surface area contributed by atoms with Crippen molar-refractivity contribution in [1.82, 2.24) is 19.8 Å². The molecule has 7 nitrogen and oxygen atoms in total. The van der Waals surface area contributed by atoms with Crippen LogP contribution in [-0.4, -0.2) is 36.7 Å². The third-order valence-electron chi connectivity index (χ3n) is 4.32. The highest BCUT2D eigenvalue weighted by Crippen LogP contribution is 2.26. The molecule has 0 saturated heterocycles. The Hall–Kier alpha value is -1.90. The maximum Gasteiger partial charge on any atom is 0.251 e. The van der Waals surface area contributed by atoms with Crippen molar-refractivity contribution in [2.75, 3.05) is 6.54 Å². The van der Waals surface area contributed by atoms with Gasteiger partial charge in [0.05, 0.1) is 10.7 Å². The molecule has 0 atom stereocenters. The topological polar surface area (TPSA) is 93.1 Å². The summed E-state index contributed by atoms with van der Waals surface area (Å²) in [6, 6.07) is 6.26. The highest BCUT2D eigenvalue weighted by atomic mass is 35.5. The second kappa shape index (κ2) is 8.00. The number of benzene rings is 1. The minimum Gasteiger partial charge on any atom is -0.352 e. The van der Waals surface area contributed by atoms with Crippen molar-refractivity contribution in [3.63, 3.8) is 0 Å². The lowest BCUT2D eigenvalue weighted by Crippen LogP contribution is -2.28. The van der Waals surface area contributed by atoms with E-state index in [1.54, 1.807) is 0 Å². The molecule has 1 aliphatic carbocycles. The molecule has 9 heteroatoms. The van der Waals surface area contributed by atoms with Crippen LogP contribution in [-0.2, 0) is 16.6 Å². The van der Waals surface area contributed by atoms with Crippen LogP contribution in [0.25, 0.3) is 0 Å². The zero-order valence-electron chi connectivity index (χ0n) is 15.3. The third kappa shape index (κ3) is 5.09. The zero-order valence-corrected chi connectivity index (χ0v) is 16.9. The molecule has 1 aromatic carbocycles. The van der Waals surface area contributed by atoms with Gasteiger partial charge in [0.25, 0.3) is 5.91 Å². The van der Waals surface area contributed by atoms with Gasteiger partial charge in [0, 0.05) is 30.4 Å². The van der Waals surface area contributed by atoms with Gasteiger partial charge >= 0.3 is 0 Å². The minimum atomic E-state index is -3.72. The Morgan fingerprint density at radius 1 is 1.30 bits per heavy atom. The smallest absolute Gasteiger partial charge is 0.251 e. The second-order valence-electron chi connectivity index (χ2n) is 6.80. The number of carbonyl (C=O) groups excluding carboxylic acids is 1. The molecule has 0 bridgehead atoms. The van der Waals surface area contributed by atoms with Gasteiger partial charge in [0.2, 0.25) is 10.0 Å². The SMILES string of the molecule is Cc1cc(C)n(CCCNC(=O)c2ccc(Cl)c(S(=O)(=O)NC3CC3)c2)n1. The number of rotatable bonds is 8. The van der Waals surface area contributed by atoms with E-state index in [-0.39, 0.29) is 27.4 Å². The number of aryl methyl sites for hydroxylation is 3. The van der Waals surface area contributed by atoms with Gasteiger partial charge in [-0.15, -0.1) is 0 Å². The van der Waals surface area contributed by atoms with E-state index in [2.05, 4.69) is 15.1 Å². The fourth-order valence-electron chi connectivity index (χ4n) is 2.77. The van der Waals surface area contributed by atoms with Crippen molar-refractivity contribution in [1.29, 1.82) is 0 Å². The van der Waals surface area contributed by atoms with E-state index in [1.165, 1.54) is 18.2 Å². The Kier molecular flexibility index (Phi) is 5.88. The maximum atomic E-state index is 12.4.